The summed E-state index contributed by atoms with van der Waals surface area (Å²) >= 11 is 1.12. The lowest BCUT2D eigenvalue weighted by molar-refractivity contribution is -0.897. The van der Waals surface area contributed by atoms with Crippen LogP contribution in [0.5, 0.6) is 0 Å². The van der Waals surface area contributed by atoms with Crippen molar-refractivity contribution in [2.75, 3.05) is 5.75 Å². The lowest BCUT2D eigenvalue weighted by Gasteiger charge is -1.92. The molecule has 5 nitrogen and oxygen atoms in total. The van der Waals surface area contributed by atoms with E-state index < -0.39 is 10.1 Å². The summed E-state index contributed by atoms with van der Waals surface area (Å²) in [5, 5.41) is 1.63. The Hall–Kier alpha value is -0.690. The number of aromatic nitrogens is 2. The SMILES string of the molecule is CCCS(=O)(=O)O[n+]1ccsn1. The fourth-order valence-corrected chi connectivity index (χ4v) is 1.95. The van der Waals surface area contributed by atoms with E-state index >= 15 is 0 Å². The maximum atomic E-state index is 11.0. The summed E-state index contributed by atoms with van der Waals surface area (Å²) in [5.41, 5.74) is 0. The van der Waals surface area contributed by atoms with Gasteiger partial charge in [-0.1, -0.05) is 6.92 Å². The van der Waals surface area contributed by atoms with Gasteiger partial charge in [0.15, 0.2) is 4.85 Å². The van der Waals surface area contributed by atoms with Crippen LogP contribution < -0.4 is 9.13 Å². The van der Waals surface area contributed by atoms with Crippen LogP contribution in [-0.4, -0.2) is 18.7 Å². The molecule has 1 aromatic rings. The van der Waals surface area contributed by atoms with Crippen LogP contribution in [0, 0.1) is 0 Å². The Kier molecular flexibility index (Phi) is 2.99. The molecule has 0 atom stereocenters. The van der Waals surface area contributed by atoms with Crippen molar-refractivity contribution >= 4 is 21.7 Å². The molecule has 0 aliphatic rings. The molecule has 0 N–H and O–H groups in total. The van der Waals surface area contributed by atoms with Crippen LogP contribution >= 0.6 is 11.5 Å². The summed E-state index contributed by atoms with van der Waals surface area (Å²) in [6, 6.07) is 0. The van der Waals surface area contributed by atoms with Gasteiger partial charge in [-0.3, -0.25) is 0 Å². The van der Waals surface area contributed by atoms with E-state index in [1.54, 1.807) is 12.3 Å². The lowest BCUT2D eigenvalue weighted by atomic mass is 10.6. The minimum atomic E-state index is -3.45. The molecule has 0 saturated carbocycles. The number of hydrogen-bond donors (Lipinski definition) is 0. The number of hydrogen-bond acceptors (Lipinski definition) is 5. The van der Waals surface area contributed by atoms with Crippen molar-refractivity contribution in [2.24, 2.45) is 0 Å². The first-order valence-electron chi connectivity index (χ1n) is 3.39. The molecule has 0 aliphatic heterocycles. The normalized spacial score (nSPS) is 11.4. The molecule has 0 amide bonds. The molecule has 7 heteroatoms. The zero-order chi connectivity index (χ0) is 9.03. The van der Waals surface area contributed by atoms with Crippen molar-refractivity contribution in [3.8, 4) is 0 Å². The largest absolute Gasteiger partial charge is 0.370 e. The average Bonchev–Trinajstić information content (AvgIpc) is 2.38. The monoisotopic (exact) mass is 209 g/mol. The van der Waals surface area contributed by atoms with Crippen molar-refractivity contribution in [1.82, 2.24) is 4.49 Å². The number of nitrogens with zero attached hydrogens (tertiary/aromatic N) is 2. The van der Waals surface area contributed by atoms with Crippen LogP contribution in [0.1, 0.15) is 13.3 Å². The fraction of sp³-hybridized carbons (Fsp3) is 0.600. The van der Waals surface area contributed by atoms with E-state index in [4.69, 9.17) is 0 Å². The Labute approximate surface area is 74.8 Å². The van der Waals surface area contributed by atoms with Gasteiger partial charge in [0.05, 0.1) is 11.1 Å². The fourth-order valence-electron chi connectivity index (χ4n) is 0.622. The van der Waals surface area contributed by atoms with Gasteiger partial charge in [0.1, 0.15) is 4.49 Å². The lowest BCUT2D eigenvalue weighted by Crippen LogP contribution is -2.47. The first-order chi connectivity index (χ1) is 5.64. The van der Waals surface area contributed by atoms with Crippen molar-refractivity contribution < 1.29 is 17.5 Å². The van der Waals surface area contributed by atoms with E-state index in [2.05, 4.69) is 8.77 Å². The van der Waals surface area contributed by atoms with E-state index in [0.717, 1.165) is 16.4 Å². The molecule has 68 valence electrons. The van der Waals surface area contributed by atoms with Crippen molar-refractivity contribution in [2.45, 2.75) is 13.3 Å². The van der Waals surface area contributed by atoms with Crippen LogP contribution in [0.25, 0.3) is 0 Å². The predicted molar refractivity (Wildman–Crippen MR) is 43.0 cm³/mol. The Morgan fingerprint density at radius 1 is 1.67 bits per heavy atom. The molecule has 0 aromatic carbocycles. The zero-order valence-electron chi connectivity index (χ0n) is 6.50. The van der Waals surface area contributed by atoms with Crippen LogP contribution in [0.4, 0.5) is 0 Å². The van der Waals surface area contributed by atoms with Crippen LogP contribution in [0.2, 0.25) is 0 Å². The second-order valence-electron chi connectivity index (χ2n) is 2.11. The number of rotatable bonds is 4. The van der Waals surface area contributed by atoms with Crippen LogP contribution in [0.3, 0.4) is 0 Å². The Balaban J connectivity index is 2.63. The third kappa shape index (κ3) is 2.74. The topological polar surface area (TPSA) is 60.1 Å². The van der Waals surface area contributed by atoms with Crippen molar-refractivity contribution in [1.29, 1.82) is 0 Å². The summed E-state index contributed by atoms with van der Waals surface area (Å²) in [4.78, 5) is 0.940. The smallest absolute Gasteiger partial charge is 0.181 e. The molecule has 12 heavy (non-hydrogen) atoms. The Morgan fingerprint density at radius 2 is 2.42 bits per heavy atom. The van der Waals surface area contributed by atoms with Gasteiger partial charge < -0.3 is 0 Å². The summed E-state index contributed by atoms with van der Waals surface area (Å²) in [6.07, 6.45) is 1.98. The summed E-state index contributed by atoms with van der Waals surface area (Å²) < 4.78 is 30.3. The van der Waals surface area contributed by atoms with E-state index in [-0.39, 0.29) is 5.75 Å². The van der Waals surface area contributed by atoms with Crippen LogP contribution in [0.15, 0.2) is 11.6 Å². The molecule has 1 aromatic heterocycles. The summed E-state index contributed by atoms with van der Waals surface area (Å²) in [5.74, 6) is 0.0114. The molecule has 0 fully saturated rings. The molecular weight excluding hydrogens is 200 g/mol. The Morgan fingerprint density at radius 3 is 2.92 bits per heavy atom. The molecular formula is C5H9N2O3S2+. The first-order valence-corrected chi connectivity index (χ1v) is 5.80. The summed E-state index contributed by atoms with van der Waals surface area (Å²) in [7, 11) is -3.45. The highest BCUT2D eigenvalue weighted by Crippen LogP contribution is 1.88. The molecule has 0 spiro atoms. The Bertz CT molecular complexity index is 318. The molecule has 1 rings (SSSR count). The van der Waals surface area contributed by atoms with Gasteiger partial charge in [-0.05, 0) is 6.42 Å². The van der Waals surface area contributed by atoms with E-state index in [0.29, 0.717) is 6.42 Å². The maximum Gasteiger partial charge on any atom is 0.370 e. The van der Waals surface area contributed by atoms with Gasteiger partial charge in [0, 0.05) is 11.5 Å². The van der Waals surface area contributed by atoms with E-state index in [9.17, 15) is 8.42 Å². The van der Waals surface area contributed by atoms with E-state index in [1.165, 1.54) is 6.20 Å². The van der Waals surface area contributed by atoms with Gasteiger partial charge in [-0.25, -0.2) is 0 Å². The molecule has 0 radical (unpaired) electrons. The summed E-state index contributed by atoms with van der Waals surface area (Å²) in [6.45, 7) is 1.77. The quantitative estimate of drug-likeness (QED) is 0.633. The molecule has 0 aliphatic carbocycles. The standard InChI is InChI=1S/C5H9N2O3S2/c1-2-5-12(8,9)10-7-3-4-11-6-7/h3-4H,2,5H2,1H3/q+1. The highest BCUT2D eigenvalue weighted by Gasteiger charge is 2.18. The van der Waals surface area contributed by atoms with Crippen molar-refractivity contribution in [3.63, 3.8) is 0 Å². The minimum absolute atomic E-state index is 0.0114. The van der Waals surface area contributed by atoms with Gasteiger partial charge in [0.2, 0.25) is 0 Å². The molecule has 0 unspecified atom stereocenters. The molecule has 0 saturated heterocycles. The average molecular weight is 209 g/mol. The second-order valence-corrected chi connectivity index (χ2v) is 4.43. The zero-order valence-corrected chi connectivity index (χ0v) is 8.14. The minimum Gasteiger partial charge on any atom is -0.181 e. The predicted octanol–water partition coefficient (Wildman–Crippen LogP) is -0.401. The van der Waals surface area contributed by atoms with E-state index in [1.807, 2.05) is 0 Å². The highest BCUT2D eigenvalue weighted by atomic mass is 32.2. The first kappa shape index (κ1) is 9.40. The molecule has 1 heterocycles. The molecule has 0 bridgehead atoms. The van der Waals surface area contributed by atoms with Gasteiger partial charge in [-0.15, -0.1) is 4.28 Å². The maximum absolute atomic E-state index is 11.0. The third-order valence-electron chi connectivity index (χ3n) is 1.02. The third-order valence-corrected chi connectivity index (χ3v) is 2.81. The van der Waals surface area contributed by atoms with Gasteiger partial charge in [-0.2, -0.15) is 8.42 Å². The second kappa shape index (κ2) is 3.81. The van der Waals surface area contributed by atoms with Gasteiger partial charge >= 0.3 is 10.1 Å². The van der Waals surface area contributed by atoms with Crippen molar-refractivity contribution in [3.05, 3.63) is 11.6 Å². The van der Waals surface area contributed by atoms with Gasteiger partial charge in [0.25, 0.3) is 6.20 Å². The van der Waals surface area contributed by atoms with Crippen LogP contribution in [-0.2, 0) is 10.1 Å². The highest BCUT2D eigenvalue weighted by molar-refractivity contribution is 7.86.